The largest absolute Gasteiger partial charge is 0.478 e. The van der Waals surface area contributed by atoms with Crippen LogP contribution in [0.3, 0.4) is 0 Å². The molecule has 1 N–H and O–H groups in total. The first-order valence-electron chi connectivity index (χ1n) is 7.91. The highest BCUT2D eigenvalue weighted by molar-refractivity contribution is 7.92. The molecule has 8 nitrogen and oxygen atoms in total. The fourth-order valence-corrected chi connectivity index (χ4v) is 4.28. The van der Waals surface area contributed by atoms with Gasteiger partial charge in [-0.25, -0.2) is 17.9 Å². The van der Waals surface area contributed by atoms with E-state index in [0.717, 1.165) is 0 Å². The Morgan fingerprint density at radius 2 is 1.96 bits per heavy atom. The van der Waals surface area contributed by atoms with E-state index in [1.807, 2.05) is 0 Å². The zero-order chi connectivity index (χ0) is 18.3. The maximum Gasteiger partial charge on any atom is 0.335 e. The fraction of sp³-hybridized carbons (Fsp3) is 0.176. The molecule has 4 rings (SSSR count). The first-order valence-corrected chi connectivity index (χ1v) is 9.46. The third kappa shape index (κ3) is 2.97. The third-order valence-electron chi connectivity index (χ3n) is 4.14. The van der Waals surface area contributed by atoms with Crippen LogP contribution in [0.15, 0.2) is 53.7 Å². The predicted octanol–water partition coefficient (Wildman–Crippen LogP) is 1.96. The van der Waals surface area contributed by atoms with Crippen molar-refractivity contribution in [2.45, 2.75) is 23.0 Å². The molecular weight excluding hydrogens is 356 g/mol. The summed E-state index contributed by atoms with van der Waals surface area (Å²) >= 11 is 0. The number of carbonyl (C=O) groups is 1. The summed E-state index contributed by atoms with van der Waals surface area (Å²) in [6.07, 6.45) is 4.37. The molecule has 1 saturated carbocycles. The van der Waals surface area contributed by atoms with Crippen LogP contribution in [-0.2, 0) is 9.84 Å². The van der Waals surface area contributed by atoms with Crippen LogP contribution in [0, 0.1) is 0 Å². The van der Waals surface area contributed by atoms with Crippen LogP contribution in [-0.4, -0.2) is 44.7 Å². The molecule has 1 aromatic carbocycles. The number of aromatic nitrogens is 4. The number of benzene rings is 1. The standard InChI is InChI=1S/C17H14N4O4S/c22-17(23)11-6-7-18-15(8-11)16-10-21(20-19-16)12-2-1-3-14(9-12)26(24,25)13-4-5-13/h1-3,6-10,13H,4-5H2,(H,22,23). The van der Waals surface area contributed by atoms with E-state index in [9.17, 15) is 13.2 Å². The molecule has 132 valence electrons. The molecule has 0 unspecified atom stereocenters. The highest BCUT2D eigenvalue weighted by Crippen LogP contribution is 2.34. The molecule has 0 spiro atoms. The van der Waals surface area contributed by atoms with Crippen molar-refractivity contribution in [3.63, 3.8) is 0 Å². The van der Waals surface area contributed by atoms with Crippen LogP contribution < -0.4 is 0 Å². The van der Waals surface area contributed by atoms with Crippen LogP contribution in [0.25, 0.3) is 17.1 Å². The number of hydrogen-bond donors (Lipinski definition) is 1. The topological polar surface area (TPSA) is 115 Å². The molecule has 0 bridgehead atoms. The van der Waals surface area contributed by atoms with Gasteiger partial charge in [0, 0.05) is 6.20 Å². The van der Waals surface area contributed by atoms with E-state index in [1.54, 1.807) is 30.5 Å². The Morgan fingerprint density at radius 1 is 1.15 bits per heavy atom. The highest BCUT2D eigenvalue weighted by atomic mass is 32.2. The molecule has 1 aliphatic carbocycles. The summed E-state index contributed by atoms with van der Waals surface area (Å²) in [5.74, 6) is -1.06. The van der Waals surface area contributed by atoms with Gasteiger partial charge in [0.1, 0.15) is 5.69 Å². The van der Waals surface area contributed by atoms with Crippen LogP contribution >= 0.6 is 0 Å². The lowest BCUT2D eigenvalue weighted by Crippen LogP contribution is -2.08. The lowest BCUT2D eigenvalue weighted by Gasteiger charge is -2.05. The first-order chi connectivity index (χ1) is 12.4. The van der Waals surface area contributed by atoms with E-state index >= 15 is 0 Å². The second kappa shape index (κ2) is 6.03. The summed E-state index contributed by atoms with van der Waals surface area (Å²) < 4.78 is 26.2. The normalized spacial score (nSPS) is 14.3. The smallest absolute Gasteiger partial charge is 0.335 e. The minimum atomic E-state index is -3.30. The number of rotatable bonds is 5. The molecule has 3 aromatic rings. The van der Waals surface area contributed by atoms with Crippen LogP contribution in [0.1, 0.15) is 23.2 Å². The quantitative estimate of drug-likeness (QED) is 0.730. The molecule has 2 heterocycles. The van der Waals surface area contributed by atoms with Gasteiger partial charge in [-0.3, -0.25) is 4.98 Å². The number of sulfone groups is 1. The molecule has 0 aliphatic heterocycles. The summed E-state index contributed by atoms with van der Waals surface area (Å²) in [5, 5.41) is 16.8. The second-order valence-corrected chi connectivity index (χ2v) is 8.25. The highest BCUT2D eigenvalue weighted by Gasteiger charge is 2.36. The van der Waals surface area contributed by atoms with Gasteiger partial charge in [-0.1, -0.05) is 11.3 Å². The first kappa shape index (κ1) is 16.4. The minimum absolute atomic E-state index is 0.0991. The van der Waals surface area contributed by atoms with Gasteiger partial charge >= 0.3 is 5.97 Å². The molecule has 0 radical (unpaired) electrons. The van der Waals surface area contributed by atoms with Gasteiger partial charge in [0.05, 0.1) is 33.3 Å². The number of pyridine rings is 1. The zero-order valence-electron chi connectivity index (χ0n) is 13.5. The zero-order valence-corrected chi connectivity index (χ0v) is 14.3. The van der Waals surface area contributed by atoms with Crippen molar-refractivity contribution < 1.29 is 18.3 Å². The summed E-state index contributed by atoms with van der Waals surface area (Å²) in [5.41, 5.74) is 1.42. The Hall–Kier alpha value is -3.07. The minimum Gasteiger partial charge on any atom is -0.478 e. The van der Waals surface area contributed by atoms with Crippen molar-refractivity contribution in [2.24, 2.45) is 0 Å². The molecule has 0 amide bonds. The van der Waals surface area contributed by atoms with Crippen molar-refractivity contribution >= 4 is 15.8 Å². The van der Waals surface area contributed by atoms with Crippen molar-refractivity contribution in [1.82, 2.24) is 20.0 Å². The maximum atomic E-state index is 12.4. The van der Waals surface area contributed by atoms with E-state index in [2.05, 4.69) is 15.3 Å². The lowest BCUT2D eigenvalue weighted by molar-refractivity contribution is 0.0697. The Morgan fingerprint density at radius 3 is 2.69 bits per heavy atom. The Bertz CT molecular complexity index is 1100. The molecule has 0 saturated heterocycles. The van der Waals surface area contributed by atoms with Crippen LogP contribution in [0.4, 0.5) is 0 Å². The van der Waals surface area contributed by atoms with Gasteiger partial charge < -0.3 is 5.11 Å². The summed E-state index contributed by atoms with van der Waals surface area (Å²) in [6, 6.07) is 9.33. The Kier molecular flexibility index (Phi) is 3.80. The third-order valence-corrected chi connectivity index (χ3v) is 6.40. The van der Waals surface area contributed by atoms with Gasteiger partial charge in [0.2, 0.25) is 0 Å². The molecular formula is C17H14N4O4S. The summed E-state index contributed by atoms with van der Waals surface area (Å²) in [4.78, 5) is 15.5. The SMILES string of the molecule is O=C(O)c1ccnc(-c2cn(-c3cccc(S(=O)(=O)C4CC4)c3)nn2)c1. The fourth-order valence-electron chi connectivity index (χ4n) is 2.58. The monoisotopic (exact) mass is 370 g/mol. The number of carboxylic acid groups (broad SMARTS) is 1. The lowest BCUT2D eigenvalue weighted by atomic mass is 10.2. The van der Waals surface area contributed by atoms with Gasteiger partial charge in [-0.2, -0.15) is 0 Å². The van der Waals surface area contributed by atoms with Gasteiger partial charge in [0.15, 0.2) is 9.84 Å². The Labute approximate surface area is 149 Å². The van der Waals surface area contributed by atoms with E-state index in [1.165, 1.54) is 23.0 Å². The van der Waals surface area contributed by atoms with Gasteiger partial charge in [-0.05, 0) is 43.2 Å². The average molecular weight is 370 g/mol. The molecule has 9 heteroatoms. The number of carboxylic acids is 1. The predicted molar refractivity (Wildman–Crippen MR) is 91.8 cm³/mol. The van der Waals surface area contributed by atoms with E-state index in [4.69, 9.17) is 5.11 Å². The summed E-state index contributed by atoms with van der Waals surface area (Å²) in [7, 11) is -3.30. The van der Waals surface area contributed by atoms with E-state index < -0.39 is 15.8 Å². The molecule has 2 aromatic heterocycles. The Balaban J connectivity index is 1.69. The average Bonchev–Trinajstić information content (AvgIpc) is 3.40. The van der Waals surface area contributed by atoms with Crippen molar-refractivity contribution in [1.29, 1.82) is 0 Å². The summed E-state index contributed by atoms with van der Waals surface area (Å²) in [6.45, 7) is 0. The second-order valence-electron chi connectivity index (χ2n) is 6.02. The van der Waals surface area contributed by atoms with Crippen molar-refractivity contribution in [2.75, 3.05) is 0 Å². The number of hydrogen-bond acceptors (Lipinski definition) is 6. The molecule has 1 aliphatic rings. The molecule has 1 fully saturated rings. The van der Waals surface area contributed by atoms with Crippen LogP contribution in [0.5, 0.6) is 0 Å². The molecule has 0 atom stereocenters. The van der Waals surface area contributed by atoms with Crippen molar-refractivity contribution in [3.05, 3.63) is 54.4 Å². The van der Waals surface area contributed by atoms with E-state index in [0.29, 0.717) is 29.9 Å². The van der Waals surface area contributed by atoms with Crippen molar-refractivity contribution in [3.8, 4) is 17.1 Å². The van der Waals surface area contributed by atoms with Gasteiger partial charge in [0.25, 0.3) is 0 Å². The molecule has 26 heavy (non-hydrogen) atoms. The number of aromatic carboxylic acids is 1. The van der Waals surface area contributed by atoms with Gasteiger partial charge in [-0.15, -0.1) is 5.10 Å². The van der Waals surface area contributed by atoms with E-state index in [-0.39, 0.29) is 15.7 Å². The maximum absolute atomic E-state index is 12.4. The number of nitrogens with zero attached hydrogens (tertiary/aromatic N) is 4. The van der Waals surface area contributed by atoms with Crippen LogP contribution in [0.2, 0.25) is 0 Å².